The van der Waals surface area contributed by atoms with Gasteiger partial charge in [-0.15, -0.1) is 5.10 Å². The Hall–Kier alpha value is -1.10. The van der Waals surface area contributed by atoms with E-state index in [0.717, 1.165) is 56.1 Å². The van der Waals surface area contributed by atoms with Crippen LogP contribution in [0.5, 0.6) is 0 Å². The van der Waals surface area contributed by atoms with E-state index >= 15 is 0 Å². The van der Waals surface area contributed by atoms with Crippen molar-refractivity contribution in [1.29, 1.82) is 0 Å². The monoisotopic (exact) mass is 275 g/mol. The van der Waals surface area contributed by atoms with Crippen molar-refractivity contribution in [2.24, 2.45) is 23.0 Å². The van der Waals surface area contributed by atoms with Crippen LogP contribution < -0.4 is 10.6 Å². The fourth-order valence-corrected chi connectivity index (χ4v) is 3.98. The number of anilines is 1. The minimum absolute atomic E-state index is 0.308. The van der Waals surface area contributed by atoms with Crippen molar-refractivity contribution in [2.45, 2.75) is 44.9 Å². The summed E-state index contributed by atoms with van der Waals surface area (Å²) >= 11 is 0. The quantitative estimate of drug-likeness (QED) is 0.883. The van der Waals surface area contributed by atoms with E-state index in [0.29, 0.717) is 11.3 Å². The Morgan fingerprint density at radius 1 is 1.25 bits per heavy atom. The van der Waals surface area contributed by atoms with Gasteiger partial charge in [-0.3, -0.25) is 5.10 Å². The summed E-state index contributed by atoms with van der Waals surface area (Å²) in [4.78, 5) is 7.09. The summed E-state index contributed by atoms with van der Waals surface area (Å²) in [6, 6.07) is 0. The smallest absolute Gasteiger partial charge is 0.244 e. The minimum Gasteiger partial charge on any atom is -0.340 e. The van der Waals surface area contributed by atoms with Gasteiger partial charge in [-0.25, -0.2) is 0 Å². The molecule has 2 saturated carbocycles. The molecule has 5 heteroatoms. The standard InChI is InChI=1S/C15H25N5/c1-15(9-16)2-4-20(5-3-15)14-17-13(18-19-14)12-7-10-6-11(10)8-12/h10-12H,2-9,16H2,1H3,(H,17,18,19). The number of H-pyrrole nitrogens is 1. The van der Waals surface area contributed by atoms with Gasteiger partial charge in [-0.1, -0.05) is 6.92 Å². The lowest BCUT2D eigenvalue weighted by Gasteiger charge is -2.38. The summed E-state index contributed by atoms with van der Waals surface area (Å²) in [5.74, 6) is 4.65. The van der Waals surface area contributed by atoms with Crippen LogP contribution in [0.15, 0.2) is 0 Å². The van der Waals surface area contributed by atoms with Crippen LogP contribution in [-0.2, 0) is 0 Å². The predicted molar refractivity (Wildman–Crippen MR) is 78.6 cm³/mol. The zero-order valence-corrected chi connectivity index (χ0v) is 12.3. The zero-order valence-electron chi connectivity index (χ0n) is 12.3. The second-order valence-corrected chi connectivity index (χ2v) is 7.45. The molecule has 1 aromatic heterocycles. The molecule has 2 heterocycles. The van der Waals surface area contributed by atoms with E-state index in [2.05, 4.69) is 22.0 Å². The first-order valence-electron chi connectivity index (χ1n) is 8.04. The molecule has 1 aromatic rings. The number of aromatic amines is 1. The third-order valence-electron chi connectivity index (χ3n) is 5.87. The van der Waals surface area contributed by atoms with Crippen LogP contribution in [0, 0.1) is 17.3 Å². The molecule has 0 amide bonds. The summed E-state index contributed by atoms with van der Waals surface area (Å²) < 4.78 is 0. The van der Waals surface area contributed by atoms with Crippen molar-refractivity contribution >= 4 is 5.95 Å². The fraction of sp³-hybridized carbons (Fsp3) is 0.867. The van der Waals surface area contributed by atoms with E-state index in [1.807, 2.05) is 0 Å². The minimum atomic E-state index is 0.308. The summed E-state index contributed by atoms with van der Waals surface area (Å²) in [5, 5.41) is 7.65. The van der Waals surface area contributed by atoms with Gasteiger partial charge >= 0.3 is 0 Å². The molecular formula is C15H25N5. The van der Waals surface area contributed by atoms with Crippen molar-refractivity contribution in [2.75, 3.05) is 24.5 Å². The van der Waals surface area contributed by atoms with Gasteiger partial charge in [-0.05, 0) is 55.9 Å². The zero-order chi connectivity index (χ0) is 13.7. The average Bonchev–Trinajstić information content (AvgIpc) is 2.92. The number of nitrogens with two attached hydrogens (primary N) is 1. The first-order valence-corrected chi connectivity index (χ1v) is 8.04. The molecule has 3 aliphatic rings. The van der Waals surface area contributed by atoms with E-state index < -0.39 is 0 Å². The van der Waals surface area contributed by atoms with E-state index in [1.165, 1.54) is 19.3 Å². The Morgan fingerprint density at radius 3 is 2.60 bits per heavy atom. The average molecular weight is 275 g/mol. The van der Waals surface area contributed by atoms with Crippen molar-refractivity contribution in [1.82, 2.24) is 15.2 Å². The number of aromatic nitrogens is 3. The van der Waals surface area contributed by atoms with Gasteiger partial charge in [0.05, 0.1) is 0 Å². The van der Waals surface area contributed by atoms with Gasteiger partial charge in [0.2, 0.25) is 5.95 Å². The van der Waals surface area contributed by atoms with Crippen LogP contribution in [0.1, 0.15) is 50.8 Å². The number of nitrogens with zero attached hydrogens (tertiary/aromatic N) is 3. The second kappa shape index (κ2) is 4.45. The summed E-state index contributed by atoms with van der Waals surface area (Å²) in [7, 11) is 0. The summed E-state index contributed by atoms with van der Waals surface area (Å²) in [6.45, 7) is 5.13. The molecule has 0 radical (unpaired) electrons. The normalized spacial score (nSPS) is 35.1. The largest absolute Gasteiger partial charge is 0.340 e. The highest BCUT2D eigenvalue weighted by atomic mass is 15.4. The Kier molecular flexibility index (Phi) is 2.81. The predicted octanol–water partition coefficient (Wildman–Crippen LogP) is 1.88. The summed E-state index contributed by atoms with van der Waals surface area (Å²) in [6.07, 6.45) is 6.39. The highest BCUT2D eigenvalue weighted by Crippen LogP contribution is 2.57. The van der Waals surface area contributed by atoms with Crippen molar-refractivity contribution in [3.63, 3.8) is 0 Å². The molecule has 1 saturated heterocycles. The molecule has 2 atom stereocenters. The van der Waals surface area contributed by atoms with Gasteiger partial charge in [0.15, 0.2) is 0 Å². The third-order valence-corrected chi connectivity index (χ3v) is 5.87. The highest BCUT2D eigenvalue weighted by molar-refractivity contribution is 5.30. The molecular weight excluding hydrogens is 250 g/mol. The van der Waals surface area contributed by atoms with Gasteiger partial charge < -0.3 is 10.6 Å². The molecule has 5 nitrogen and oxygen atoms in total. The Balaban J connectivity index is 1.41. The molecule has 20 heavy (non-hydrogen) atoms. The number of hydrogen-bond acceptors (Lipinski definition) is 4. The maximum Gasteiger partial charge on any atom is 0.244 e. The lowest BCUT2D eigenvalue weighted by Crippen LogP contribution is -2.42. The van der Waals surface area contributed by atoms with Crippen LogP contribution in [0.3, 0.4) is 0 Å². The van der Waals surface area contributed by atoms with Crippen LogP contribution in [-0.4, -0.2) is 34.8 Å². The molecule has 2 aliphatic carbocycles. The van der Waals surface area contributed by atoms with Gasteiger partial charge in [-0.2, -0.15) is 4.98 Å². The first-order chi connectivity index (χ1) is 9.67. The Morgan fingerprint density at radius 2 is 1.95 bits per heavy atom. The maximum absolute atomic E-state index is 5.87. The summed E-state index contributed by atoms with van der Waals surface area (Å²) in [5.41, 5.74) is 6.18. The SMILES string of the molecule is CC1(CN)CCN(c2n[nH]c(C3CC4CC4C3)n2)CC1. The number of fused-ring (bicyclic) bond motifs is 1. The van der Waals surface area contributed by atoms with Crippen LogP contribution in [0.4, 0.5) is 5.95 Å². The third kappa shape index (κ3) is 2.12. The number of rotatable bonds is 3. The lowest BCUT2D eigenvalue weighted by molar-refractivity contribution is 0.257. The van der Waals surface area contributed by atoms with Crippen molar-refractivity contribution in [3.05, 3.63) is 5.82 Å². The van der Waals surface area contributed by atoms with Gasteiger partial charge in [0, 0.05) is 19.0 Å². The van der Waals surface area contributed by atoms with Crippen LogP contribution in [0.25, 0.3) is 0 Å². The van der Waals surface area contributed by atoms with Crippen LogP contribution >= 0.6 is 0 Å². The van der Waals surface area contributed by atoms with Gasteiger partial charge in [0.1, 0.15) is 5.82 Å². The van der Waals surface area contributed by atoms with Crippen molar-refractivity contribution in [3.8, 4) is 0 Å². The molecule has 2 unspecified atom stereocenters. The molecule has 3 fully saturated rings. The second-order valence-electron chi connectivity index (χ2n) is 7.45. The van der Waals surface area contributed by atoms with Gasteiger partial charge in [0.25, 0.3) is 0 Å². The fourth-order valence-electron chi connectivity index (χ4n) is 3.98. The Bertz CT molecular complexity index is 478. The molecule has 3 N–H and O–H groups in total. The topological polar surface area (TPSA) is 70.8 Å². The van der Waals surface area contributed by atoms with E-state index in [4.69, 9.17) is 10.7 Å². The number of hydrogen-bond donors (Lipinski definition) is 2. The number of piperidine rings is 1. The molecule has 0 bridgehead atoms. The molecule has 1 aliphatic heterocycles. The molecule has 0 aromatic carbocycles. The van der Waals surface area contributed by atoms with E-state index in [-0.39, 0.29) is 0 Å². The number of nitrogens with one attached hydrogen (secondary N) is 1. The molecule has 110 valence electrons. The Labute approximate surface area is 120 Å². The van der Waals surface area contributed by atoms with E-state index in [1.54, 1.807) is 0 Å². The lowest BCUT2D eigenvalue weighted by atomic mass is 9.81. The highest BCUT2D eigenvalue weighted by Gasteiger charge is 2.47. The molecule has 4 rings (SSSR count). The first kappa shape index (κ1) is 12.6. The maximum atomic E-state index is 5.87. The van der Waals surface area contributed by atoms with E-state index in [9.17, 15) is 0 Å². The van der Waals surface area contributed by atoms with Crippen LogP contribution in [0.2, 0.25) is 0 Å². The van der Waals surface area contributed by atoms with Crippen molar-refractivity contribution < 1.29 is 0 Å². The molecule has 0 spiro atoms.